The molecular formula is C35H54O14. The fourth-order valence-corrected chi connectivity index (χ4v) is 11.4. The van der Waals surface area contributed by atoms with E-state index in [0.29, 0.717) is 32.3 Å². The van der Waals surface area contributed by atoms with Gasteiger partial charge in [0.2, 0.25) is 0 Å². The fraction of sp³-hybridized carbons (Fsp3) is 0.914. The average Bonchev–Trinajstić information content (AvgIpc) is 3.64. The number of rotatable bonds is 7. The molecule has 0 radical (unpaired) electrons. The summed E-state index contributed by atoms with van der Waals surface area (Å²) >= 11 is 0. The Morgan fingerprint density at radius 1 is 0.837 bits per heavy atom. The van der Waals surface area contributed by atoms with E-state index in [1.165, 1.54) is 0 Å². The molecule has 14 nitrogen and oxygen atoms in total. The first-order valence-electron chi connectivity index (χ1n) is 18.1. The lowest BCUT2D eigenvalue weighted by Gasteiger charge is -2.64. The standard InChI is InChI=1S/C35H54O14/c1-16-30(49-32-28(42)26(40)25(39)23(13-36)48-32)27(41)29(43)31(46-16)47-19-5-9-34(15-37)18(12-19)3-4-22-21(34)6-8-33(2)20(7-10-35(22,33)44)17-11-24(38)45-14-17/h11,16,18-23,25-32,36-37,39-44H,3-10,12-15H2,1-2H3/t16-,18+,19+,20-,21-,22-,23-,25-,26+,27+,28-,29-,30-,31+,32-,33-,34-,35+/m1/s1. The van der Waals surface area contributed by atoms with Crippen LogP contribution in [0.15, 0.2) is 11.6 Å². The Hall–Kier alpha value is -1.27. The van der Waals surface area contributed by atoms with Gasteiger partial charge in [-0.25, -0.2) is 4.79 Å². The molecule has 3 aliphatic heterocycles. The van der Waals surface area contributed by atoms with Gasteiger partial charge in [-0.15, -0.1) is 0 Å². The van der Waals surface area contributed by atoms with Crippen molar-refractivity contribution in [2.45, 2.75) is 145 Å². The smallest absolute Gasteiger partial charge is 0.331 e. The fourth-order valence-electron chi connectivity index (χ4n) is 11.4. The van der Waals surface area contributed by atoms with Crippen molar-refractivity contribution in [3.8, 4) is 0 Å². The highest BCUT2D eigenvalue weighted by Crippen LogP contribution is 2.70. The molecule has 0 aromatic rings. The van der Waals surface area contributed by atoms with Crippen LogP contribution in [0.1, 0.15) is 71.6 Å². The third-order valence-corrected chi connectivity index (χ3v) is 14.2. The van der Waals surface area contributed by atoms with Gasteiger partial charge in [0, 0.05) is 18.1 Å². The van der Waals surface area contributed by atoms with Crippen LogP contribution in [0.2, 0.25) is 0 Å². The molecule has 49 heavy (non-hydrogen) atoms. The van der Waals surface area contributed by atoms with Gasteiger partial charge in [0.25, 0.3) is 0 Å². The maximum absolute atomic E-state index is 12.5. The van der Waals surface area contributed by atoms with Crippen molar-refractivity contribution >= 4 is 5.97 Å². The minimum atomic E-state index is -1.67. The van der Waals surface area contributed by atoms with Crippen molar-refractivity contribution in [3.63, 3.8) is 0 Å². The SMILES string of the molecule is C[C@H]1O[C@@H](O[C@H]2CC[C@@]3(CO)[C@@H](CC[C@@H]4[C@H]3CC[C@]3(C)[C@@H](C5=CC(=O)OC5)CC[C@]43O)C2)[C@H](O)[C@H](O)[C@@H]1O[C@H]1O[C@H](CO)[C@@H](O)[C@H](O)[C@H]1O. The summed E-state index contributed by atoms with van der Waals surface area (Å²) in [4.78, 5) is 11.9. The second-order valence-corrected chi connectivity index (χ2v) is 16.2. The maximum atomic E-state index is 12.5. The van der Waals surface area contributed by atoms with E-state index in [-0.39, 0.29) is 53.2 Å². The molecule has 4 saturated carbocycles. The Kier molecular flexibility index (Phi) is 9.80. The van der Waals surface area contributed by atoms with E-state index in [4.69, 9.17) is 23.7 Å². The van der Waals surface area contributed by atoms with Crippen LogP contribution in [-0.4, -0.2) is 140 Å². The van der Waals surface area contributed by atoms with Gasteiger partial charge >= 0.3 is 5.97 Å². The monoisotopic (exact) mass is 698 g/mol. The van der Waals surface area contributed by atoms with Gasteiger partial charge in [-0.3, -0.25) is 0 Å². The average molecular weight is 699 g/mol. The number of aliphatic hydroxyl groups is 8. The zero-order chi connectivity index (χ0) is 35.0. The number of cyclic esters (lactones) is 1. The first-order valence-corrected chi connectivity index (χ1v) is 18.1. The van der Waals surface area contributed by atoms with Crippen LogP contribution in [-0.2, 0) is 28.5 Å². The molecule has 278 valence electrons. The van der Waals surface area contributed by atoms with Gasteiger partial charge in [0.15, 0.2) is 12.6 Å². The first-order chi connectivity index (χ1) is 23.3. The predicted octanol–water partition coefficient (Wildman–Crippen LogP) is -0.747. The predicted molar refractivity (Wildman–Crippen MR) is 167 cm³/mol. The molecular weight excluding hydrogens is 644 g/mol. The van der Waals surface area contributed by atoms with Crippen LogP contribution in [0.5, 0.6) is 0 Å². The van der Waals surface area contributed by atoms with Crippen LogP contribution >= 0.6 is 0 Å². The van der Waals surface area contributed by atoms with E-state index in [1.54, 1.807) is 13.0 Å². The molecule has 0 aromatic heterocycles. The number of carbonyl (C=O) groups excluding carboxylic acids is 1. The molecule has 7 aliphatic rings. The summed E-state index contributed by atoms with van der Waals surface area (Å²) < 4.78 is 28.7. The summed E-state index contributed by atoms with van der Waals surface area (Å²) in [5.74, 6) is 0.104. The van der Waals surface area contributed by atoms with Crippen molar-refractivity contribution in [2.24, 2.45) is 34.5 Å². The first kappa shape index (κ1) is 36.1. The topological polar surface area (TPSA) is 225 Å². The third kappa shape index (κ3) is 5.64. The minimum Gasteiger partial charge on any atom is -0.458 e. The van der Waals surface area contributed by atoms with Crippen molar-refractivity contribution in [3.05, 3.63) is 11.6 Å². The summed E-state index contributed by atoms with van der Waals surface area (Å²) in [5, 5.41) is 85.8. The number of ether oxygens (including phenoxy) is 5. The highest BCUT2D eigenvalue weighted by atomic mass is 16.7. The van der Waals surface area contributed by atoms with Crippen LogP contribution in [0, 0.1) is 34.5 Å². The summed E-state index contributed by atoms with van der Waals surface area (Å²) in [5.41, 5.74) is -0.641. The number of carbonyl (C=O) groups is 1. The molecule has 8 N–H and O–H groups in total. The highest BCUT2D eigenvalue weighted by molar-refractivity contribution is 5.85. The molecule has 0 bridgehead atoms. The number of hydrogen-bond donors (Lipinski definition) is 8. The molecule has 0 aromatic carbocycles. The molecule has 4 aliphatic carbocycles. The Morgan fingerprint density at radius 2 is 1.57 bits per heavy atom. The Labute approximate surface area is 285 Å². The number of esters is 1. The lowest BCUT2D eigenvalue weighted by atomic mass is 9.43. The van der Waals surface area contributed by atoms with Gasteiger partial charge in [-0.05, 0) is 99.4 Å². The van der Waals surface area contributed by atoms with Crippen molar-refractivity contribution in [1.82, 2.24) is 0 Å². The minimum absolute atomic E-state index is 0.0184. The van der Waals surface area contributed by atoms with Crippen molar-refractivity contribution < 1.29 is 69.3 Å². The van der Waals surface area contributed by atoms with E-state index in [2.05, 4.69) is 6.92 Å². The highest BCUT2D eigenvalue weighted by Gasteiger charge is 2.68. The van der Waals surface area contributed by atoms with Crippen molar-refractivity contribution in [2.75, 3.05) is 19.8 Å². The van der Waals surface area contributed by atoms with Gasteiger partial charge in [0.05, 0.1) is 24.4 Å². The second-order valence-electron chi connectivity index (χ2n) is 16.2. The lowest BCUT2D eigenvalue weighted by molar-refractivity contribution is -0.360. The van der Waals surface area contributed by atoms with E-state index in [9.17, 15) is 45.6 Å². The summed E-state index contributed by atoms with van der Waals surface area (Å²) in [6, 6.07) is 0. The van der Waals surface area contributed by atoms with Gasteiger partial charge in [-0.2, -0.15) is 0 Å². The van der Waals surface area contributed by atoms with Gasteiger partial charge in [-0.1, -0.05) is 6.92 Å². The van der Waals surface area contributed by atoms with Crippen LogP contribution in [0.25, 0.3) is 0 Å². The van der Waals surface area contributed by atoms with Crippen LogP contribution in [0.3, 0.4) is 0 Å². The van der Waals surface area contributed by atoms with E-state index < -0.39 is 73.6 Å². The summed E-state index contributed by atoms with van der Waals surface area (Å²) in [6.07, 6.45) is -5.76. The quantitative estimate of drug-likeness (QED) is 0.121. The van der Waals surface area contributed by atoms with E-state index >= 15 is 0 Å². The Bertz CT molecular complexity index is 1260. The largest absolute Gasteiger partial charge is 0.458 e. The molecule has 0 amide bonds. The number of aliphatic hydroxyl groups excluding tert-OH is 7. The van der Waals surface area contributed by atoms with Crippen molar-refractivity contribution in [1.29, 1.82) is 0 Å². The Morgan fingerprint density at radius 3 is 2.27 bits per heavy atom. The molecule has 3 heterocycles. The third-order valence-electron chi connectivity index (χ3n) is 14.2. The second kappa shape index (κ2) is 13.3. The summed E-state index contributed by atoms with van der Waals surface area (Å²) in [6.45, 7) is 3.47. The molecule has 18 atom stereocenters. The van der Waals surface area contributed by atoms with E-state index in [1.807, 2.05) is 0 Å². The van der Waals surface area contributed by atoms with Crippen LogP contribution < -0.4 is 0 Å². The zero-order valence-electron chi connectivity index (χ0n) is 28.3. The Balaban J connectivity index is 0.995. The van der Waals surface area contributed by atoms with Gasteiger partial charge < -0.3 is 64.5 Å². The molecule has 6 fully saturated rings. The zero-order valence-corrected chi connectivity index (χ0v) is 28.3. The molecule has 0 spiro atoms. The maximum Gasteiger partial charge on any atom is 0.331 e. The number of hydrogen-bond acceptors (Lipinski definition) is 14. The lowest BCUT2D eigenvalue weighted by Crippen LogP contribution is -2.64. The summed E-state index contributed by atoms with van der Waals surface area (Å²) in [7, 11) is 0. The van der Waals surface area contributed by atoms with Crippen LogP contribution in [0.4, 0.5) is 0 Å². The van der Waals surface area contributed by atoms with Gasteiger partial charge in [0.1, 0.15) is 49.3 Å². The number of fused-ring (bicyclic) bond motifs is 5. The normalized spacial score (nSPS) is 54.4. The molecule has 7 rings (SSSR count). The van der Waals surface area contributed by atoms with E-state index in [0.717, 1.165) is 37.7 Å². The molecule has 0 unspecified atom stereocenters. The molecule has 2 saturated heterocycles. The molecule has 14 heteroatoms.